The van der Waals surface area contributed by atoms with Gasteiger partial charge in [-0.15, -0.1) is 0 Å². The summed E-state index contributed by atoms with van der Waals surface area (Å²) in [5.74, 6) is 0.924. The standard InChI is InChI=1S/C26H37N7O2S/c1-5-6-7-8-19(4)35-25-30-18(3)11-21(31-25)23-13-29-26(36-23)32-24-14-27-20(12-28-24)16-33-10-9-22(34)17(2)15-33/h11-14,17,19,22,34H,5-10,15-16H2,1-4H3,(H,28,29,32). The molecule has 1 aliphatic rings. The van der Waals surface area contributed by atoms with E-state index in [1.807, 2.05) is 13.0 Å². The van der Waals surface area contributed by atoms with Gasteiger partial charge in [-0.05, 0) is 45.1 Å². The highest BCUT2D eigenvalue weighted by atomic mass is 32.1. The van der Waals surface area contributed by atoms with E-state index in [1.165, 1.54) is 24.2 Å². The Balaban J connectivity index is 1.35. The number of piperidine rings is 1. The summed E-state index contributed by atoms with van der Waals surface area (Å²) in [6, 6.07) is 2.36. The predicted octanol–water partition coefficient (Wildman–Crippen LogP) is 4.99. The molecule has 0 aliphatic carbocycles. The zero-order valence-electron chi connectivity index (χ0n) is 21.6. The maximum absolute atomic E-state index is 9.93. The van der Waals surface area contributed by atoms with Crippen molar-refractivity contribution < 1.29 is 9.84 Å². The average Bonchev–Trinajstić information content (AvgIpc) is 3.31. The van der Waals surface area contributed by atoms with E-state index in [1.54, 1.807) is 18.6 Å². The summed E-state index contributed by atoms with van der Waals surface area (Å²) in [5.41, 5.74) is 2.57. The number of aryl methyl sites for hydroxylation is 1. The molecule has 4 rings (SSSR count). The Labute approximate surface area is 217 Å². The predicted molar refractivity (Wildman–Crippen MR) is 142 cm³/mol. The molecule has 194 valence electrons. The Bertz CT molecular complexity index is 1110. The van der Waals surface area contributed by atoms with Crippen LogP contribution >= 0.6 is 11.3 Å². The van der Waals surface area contributed by atoms with E-state index in [0.29, 0.717) is 11.8 Å². The lowest BCUT2D eigenvalue weighted by atomic mass is 9.97. The van der Waals surface area contributed by atoms with Gasteiger partial charge in [0.15, 0.2) is 10.9 Å². The largest absolute Gasteiger partial charge is 0.460 e. The molecule has 3 unspecified atom stereocenters. The van der Waals surface area contributed by atoms with Crippen LogP contribution in [0.5, 0.6) is 6.01 Å². The molecule has 1 aliphatic heterocycles. The normalized spacial score (nSPS) is 19.2. The third kappa shape index (κ3) is 7.41. The van der Waals surface area contributed by atoms with Crippen molar-refractivity contribution in [3.05, 3.63) is 36.0 Å². The first-order valence-corrected chi connectivity index (χ1v) is 13.7. The van der Waals surface area contributed by atoms with Crippen molar-refractivity contribution >= 4 is 22.3 Å². The van der Waals surface area contributed by atoms with Crippen molar-refractivity contribution in [2.75, 3.05) is 18.4 Å². The number of unbranched alkanes of at least 4 members (excludes halogenated alkanes) is 2. The lowest BCUT2D eigenvalue weighted by molar-refractivity contribution is 0.0315. The molecule has 0 spiro atoms. The topological polar surface area (TPSA) is 109 Å². The third-order valence-corrected chi connectivity index (χ3v) is 7.32. The van der Waals surface area contributed by atoms with Crippen LogP contribution in [0.25, 0.3) is 10.6 Å². The second-order valence-electron chi connectivity index (χ2n) is 9.72. The summed E-state index contributed by atoms with van der Waals surface area (Å²) in [4.78, 5) is 25.9. The number of anilines is 2. The number of ether oxygens (including phenoxy) is 1. The molecule has 0 aromatic carbocycles. The Morgan fingerprint density at radius 2 is 2.06 bits per heavy atom. The lowest BCUT2D eigenvalue weighted by Gasteiger charge is -2.33. The van der Waals surface area contributed by atoms with Crippen LogP contribution in [-0.4, -0.2) is 60.2 Å². The van der Waals surface area contributed by atoms with Crippen LogP contribution in [-0.2, 0) is 6.54 Å². The quantitative estimate of drug-likeness (QED) is 0.344. The minimum Gasteiger partial charge on any atom is -0.460 e. The van der Waals surface area contributed by atoms with Gasteiger partial charge in [-0.3, -0.25) is 9.88 Å². The summed E-state index contributed by atoms with van der Waals surface area (Å²) in [6.45, 7) is 10.8. The molecule has 1 fully saturated rings. The van der Waals surface area contributed by atoms with E-state index >= 15 is 0 Å². The summed E-state index contributed by atoms with van der Waals surface area (Å²) in [5, 5.41) is 13.9. The number of likely N-dealkylation sites (tertiary alicyclic amines) is 1. The Kier molecular flexibility index (Phi) is 9.17. The summed E-state index contributed by atoms with van der Waals surface area (Å²) in [6.07, 6.45) is 10.6. The Morgan fingerprint density at radius 3 is 2.81 bits per heavy atom. The first kappa shape index (κ1) is 26.4. The van der Waals surface area contributed by atoms with Gasteiger partial charge in [0.25, 0.3) is 0 Å². The van der Waals surface area contributed by atoms with E-state index in [4.69, 9.17) is 4.74 Å². The van der Waals surface area contributed by atoms with Gasteiger partial charge in [-0.2, -0.15) is 4.98 Å². The number of aliphatic hydroxyl groups is 1. The number of rotatable bonds is 11. The van der Waals surface area contributed by atoms with Crippen molar-refractivity contribution in [3.8, 4) is 16.6 Å². The van der Waals surface area contributed by atoms with Crippen LogP contribution in [0.4, 0.5) is 10.9 Å². The molecule has 0 amide bonds. The van der Waals surface area contributed by atoms with Crippen LogP contribution in [0, 0.1) is 12.8 Å². The van der Waals surface area contributed by atoms with Crippen molar-refractivity contribution in [2.45, 2.75) is 78.6 Å². The molecule has 3 atom stereocenters. The first-order chi connectivity index (χ1) is 17.4. The molecular weight excluding hydrogens is 474 g/mol. The van der Waals surface area contributed by atoms with Gasteiger partial charge < -0.3 is 15.2 Å². The molecule has 0 saturated carbocycles. The van der Waals surface area contributed by atoms with E-state index in [0.717, 1.165) is 66.0 Å². The smallest absolute Gasteiger partial charge is 0.317 e. The van der Waals surface area contributed by atoms with Crippen molar-refractivity contribution in [1.29, 1.82) is 0 Å². The Morgan fingerprint density at radius 1 is 1.19 bits per heavy atom. The first-order valence-electron chi connectivity index (χ1n) is 12.9. The monoisotopic (exact) mass is 511 g/mol. The molecule has 3 aromatic rings. The van der Waals surface area contributed by atoms with E-state index in [-0.39, 0.29) is 18.1 Å². The third-order valence-electron chi connectivity index (χ3n) is 6.38. The number of hydrogen-bond donors (Lipinski definition) is 2. The number of aromatic nitrogens is 5. The van der Waals surface area contributed by atoms with Crippen molar-refractivity contribution in [2.24, 2.45) is 5.92 Å². The zero-order valence-corrected chi connectivity index (χ0v) is 22.5. The number of nitrogens with zero attached hydrogens (tertiary/aromatic N) is 6. The van der Waals surface area contributed by atoms with Gasteiger partial charge in [0.05, 0.1) is 40.9 Å². The molecule has 10 heteroatoms. The highest BCUT2D eigenvalue weighted by Gasteiger charge is 2.24. The summed E-state index contributed by atoms with van der Waals surface area (Å²) in [7, 11) is 0. The van der Waals surface area contributed by atoms with Crippen LogP contribution in [0.2, 0.25) is 0 Å². The van der Waals surface area contributed by atoms with E-state index in [9.17, 15) is 5.11 Å². The van der Waals surface area contributed by atoms with Crippen molar-refractivity contribution in [1.82, 2.24) is 29.8 Å². The van der Waals surface area contributed by atoms with E-state index in [2.05, 4.69) is 55.9 Å². The van der Waals surface area contributed by atoms with Crippen LogP contribution < -0.4 is 10.1 Å². The number of thiazole rings is 1. The highest BCUT2D eigenvalue weighted by molar-refractivity contribution is 7.18. The van der Waals surface area contributed by atoms with E-state index < -0.39 is 0 Å². The van der Waals surface area contributed by atoms with Gasteiger partial charge in [-0.1, -0.05) is 38.0 Å². The zero-order chi connectivity index (χ0) is 25.5. The maximum Gasteiger partial charge on any atom is 0.317 e. The van der Waals surface area contributed by atoms with Crippen LogP contribution in [0.15, 0.2) is 24.7 Å². The Hall–Kier alpha value is -2.69. The fourth-order valence-electron chi connectivity index (χ4n) is 4.29. The molecule has 36 heavy (non-hydrogen) atoms. The SMILES string of the molecule is CCCCCC(C)Oc1nc(C)cc(-c2cnc(Nc3cnc(CN4CCC(O)C(C)C4)cn3)s2)n1. The van der Waals surface area contributed by atoms with Gasteiger partial charge in [0.2, 0.25) is 0 Å². The molecule has 3 aromatic heterocycles. The second kappa shape index (κ2) is 12.5. The highest BCUT2D eigenvalue weighted by Crippen LogP contribution is 2.30. The molecule has 4 heterocycles. The van der Waals surface area contributed by atoms with Crippen LogP contribution in [0.1, 0.15) is 64.3 Å². The number of hydrogen-bond acceptors (Lipinski definition) is 10. The minimum atomic E-state index is -0.202. The molecule has 0 bridgehead atoms. The lowest BCUT2D eigenvalue weighted by Crippen LogP contribution is -2.41. The number of nitrogens with one attached hydrogen (secondary N) is 1. The fraction of sp³-hybridized carbons (Fsp3) is 0.577. The van der Waals surface area contributed by atoms with Gasteiger partial charge in [0, 0.05) is 31.5 Å². The summed E-state index contributed by atoms with van der Waals surface area (Å²) < 4.78 is 6.00. The maximum atomic E-state index is 9.93. The second-order valence-corrected chi connectivity index (χ2v) is 10.7. The van der Waals surface area contributed by atoms with Crippen molar-refractivity contribution in [3.63, 3.8) is 0 Å². The molecular formula is C26H37N7O2S. The molecule has 1 saturated heterocycles. The van der Waals surface area contributed by atoms with Gasteiger partial charge >= 0.3 is 6.01 Å². The minimum absolute atomic E-state index is 0.0799. The van der Waals surface area contributed by atoms with Gasteiger partial charge in [-0.25, -0.2) is 15.0 Å². The average molecular weight is 512 g/mol. The van der Waals surface area contributed by atoms with Gasteiger partial charge in [0.1, 0.15) is 0 Å². The molecule has 0 radical (unpaired) electrons. The summed E-state index contributed by atoms with van der Waals surface area (Å²) >= 11 is 1.50. The molecule has 9 nitrogen and oxygen atoms in total. The fourth-order valence-corrected chi connectivity index (χ4v) is 5.08. The molecule has 2 N–H and O–H groups in total. The number of aliphatic hydroxyl groups excluding tert-OH is 1. The van der Waals surface area contributed by atoms with Crippen LogP contribution in [0.3, 0.4) is 0 Å².